The summed E-state index contributed by atoms with van der Waals surface area (Å²) in [7, 11) is 1.56. The van der Waals surface area contributed by atoms with E-state index in [0.29, 0.717) is 29.2 Å². The minimum atomic E-state index is -0.698. The second-order valence-corrected chi connectivity index (χ2v) is 8.31. The average molecular weight is 383 g/mol. The molecule has 2 aromatic rings. The van der Waals surface area contributed by atoms with Crippen LogP contribution in [-0.2, 0) is 11.2 Å². The number of rotatable bonds is 7. The number of aliphatic hydroxyl groups excluding tert-OH is 1. The van der Waals surface area contributed by atoms with Gasteiger partial charge in [0.05, 0.1) is 18.9 Å². The number of methoxy groups -OCH3 is 1. The summed E-state index contributed by atoms with van der Waals surface area (Å²) >= 11 is 0. The number of aliphatic hydroxyl groups is 1. The Morgan fingerprint density at radius 2 is 1.96 bits per heavy atom. The molecule has 28 heavy (non-hydrogen) atoms. The van der Waals surface area contributed by atoms with Crippen molar-refractivity contribution in [3.63, 3.8) is 0 Å². The third kappa shape index (κ3) is 4.84. The van der Waals surface area contributed by atoms with Crippen molar-refractivity contribution in [2.45, 2.75) is 46.1 Å². The first kappa shape index (κ1) is 20.2. The van der Waals surface area contributed by atoms with Crippen LogP contribution in [0.3, 0.4) is 0 Å². The van der Waals surface area contributed by atoms with Crippen LogP contribution >= 0.6 is 0 Å². The summed E-state index contributed by atoms with van der Waals surface area (Å²) in [5.74, 6) is 0.905. The number of benzene rings is 2. The number of nitrogens with one attached hydrogen (secondary N) is 1. The van der Waals surface area contributed by atoms with E-state index in [4.69, 9.17) is 9.47 Å². The summed E-state index contributed by atoms with van der Waals surface area (Å²) in [4.78, 5) is 11.6. The van der Waals surface area contributed by atoms with Crippen LogP contribution in [0.1, 0.15) is 49.5 Å². The SMILES string of the molecule is COc1cc2c(c([C@@H](O)CCC(C)(C)Cc3ccc(C)cc3)c1)OCC(=O)N2. The largest absolute Gasteiger partial charge is 0.497 e. The fraction of sp³-hybridized carbons (Fsp3) is 0.435. The molecule has 5 heteroatoms. The van der Waals surface area contributed by atoms with Crippen molar-refractivity contribution < 1.29 is 19.4 Å². The molecule has 0 saturated heterocycles. The number of hydrogen-bond acceptors (Lipinski definition) is 4. The van der Waals surface area contributed by atoms with Crippen molar-refractivity contribution in [3.05, 3.63) is 53.1 Å². The van der Waals surface area contributed by atoms with Crippen LogP contribution in [-0.4, -0.2) is 24.7 Å². The monoisotopic (exact) mass is 383 g/mol. The van der Waals surface area contributed by atoms with Gasteiger partial charge in [-0.2, -0.15) is 0 Å². The summed E-state index contributed by atoms with van der Waals surface area (Å²) in [5.41, 5.74) is 3.80. The smallest absolute Gasteiger partial charge is 0.262 e. The molecule has 5 nitrogen and oxygen atoms in total. The molecule has 2 N–H and O–H groups in total. The lowest BCUT2D eigenvalue weighted by Gasteiger charge is -2.28. The van der Waals surface area contributed by atoms with Gasteiger partial charge >= 0.3 is 0 Å². The Labute approximate surface area is 166 Å². The van der Waals surface area contributed by atoms with Gasteiger partial charge in [0.25, 0.3) is 5.91 Å². The molecule has 2 aromatic carbocycles. The normalized spacial score (nSPS) is 14.7. The zero-order chi connectivity index (χ0) is 20.3. The molecular weight excluding hydrogens is 354 g/mol. The highest BCUT2D eigenvalue weighted by atomic mass is 16.5. The van der Waals surface area contributed by atoms with Crippen molar-refractivity contribution in [2.75, 3.05) is 19.0 Å². The predicted octanol–water partition coefficient (Wildman–Crippen LogP) is 4.42. The maximum atomic E-state index is 11.6. The Morgan fingerprint density at radius 3 is 2.64 bits per heavy atom. The zero-order valence-electron chi connectivity index (χ0n) is 17.0. The first-order valence-corrected chi connectivity index (χ1v) is 9.65. The van der Waals surface area contributed by atoms with Gasteiger partial charge in [-0.05, 0) is 43.2 Å². The van der Waals surface area contributed by atoms with Crippen molar-refractivity contribution in [1.82, 2.24) is 0 Å². The van der Waals surface area contributed by atoms with Crippen molar-refractivity contribution >= 4 is 11.6 Å². The van der Waals surface area contributed by atoms with E-state index in [1.807, 2.05) is 0 Å². The van der Waals surface area contributed by atoms with Crippen LogP contribution in [0.5, 0.6) is 11.5 Å². The molecule has 0 saturated carbocycles. The third-order valence-corrected chi connectivity index (χ3v) is 5.21. The molecule has 3 rings (SSSR count). The lowest BCUT2D eigenvalue weighted by atomic mass is 9.80. The molecule has 1 amide bonds. The molecule has 0 aliphatic carbocycles. The van der Waals surface area contributed by atoms with Gasteiger partial charge in [-0.15, -0.1) is 0 Å². The average Bonchev–Trinajstić information content (AvgIpc) is 2.66. The Bertz CT molecular complexity index is 842. The molecule has 0 bridgehead atoms. The Hall–Kier alpha value is -2.53. The van der Waals surface area contributed by atoms with Gasteiger partial charge in [-0.3, -0.25) is 4.79 Å². The minimum Gasteiger partial charge on any atom is -0.497 e. The van der Waals surface area contributed by atoms with Crippen molar-refractivity contribution in [2.24, 2.45) is 5.41 Å². The lowest BCUT2D eigenvalue weighted by Crippen LogP contribution is -2.26. The molecule has 0 spiro atoms. The van der Waals surface area contributed by atoms with Gasteiger partial charge in [-0.25, -0.2) is 0 Å². The van der Waals surface area contributed by atoms with Gasteiger partial charge in [0.15, 0.2) is 6.61 Å². The summed E-state index contributed by atoms with van der Waals surface area (Å²) in [6.45, 7) is 6.48. The first-order valence-electron chi connectivity index (χ1n) is 9.65. The van der Waals surface area contributed by atoms with E-state index in [0.717, 1.165) is 12.8 Å². The fourth-order valence-electron chi connectivity index (χ4n) is 3.60. The molecular formula is C23H29NO4. The Morgan fingerprint density at radius 1 is 1.25 bits per heavy atom. The van der Waals surface area contributed by atoms with Crippen molar-refractivity contribution in [1.29, 1.82) is 0 Å². The Balaban J connectivity index is 1.72. The number of aryl methyl sites for hydroxylation is 1. The van der Waals surface area contributed by atoms with E-state index in [1.165, 1.54) is 11.1 Å². The van der Waals surface area contributed by atoms with E-state index >= 15 is 0 Å². The third-order valence-electron chi connectivity index (χ3n) is 5.21. The molecule has 1 aliphatic heterocycles. The van der Waals surface area contributed by atoms with Gasteiger partial charge in [0.1, 0.15) is 11.5 Å². The molecule has 0 aromatic heterocycles. The molecule has 1 heterocycles. The standard InChI is InChI=1S/C23H29NO4/c1-15-5-7-16(8-6-15)13-23(2,3)10-9-20(25)18-11-17(27-4)12-19-22(18)28-14-21(26)24-19/h5-8,11-12,20,25H,9-10,13-14H2,1-4H3,(H,24,26)/t20-/m0/s1. The first-order chi connectivity index (χ1) is 13.3. The molecule has 1 aliphatic rings. The summed E-state index contributed by atoms with van der Waals surface area (Å²) in [6.07, 6.45) is 1.69. The second kappa shape index (κ2) is 8.23. The molecule has 0 fully saturated rings. The highest BCUT2D eigenvalue weighted by Gasteiger charge is 2.26. The van der Waals surface area contributed by atoms with E-state index in [2.05, 4.69) is 50.4 Å². The quantitative estimate of drug-likeness (QED) is 0.743. The highest BCUT2D eigenvalue weighted by Crippen LogP contribution is 2.41. The van der Waals surface area contributed by atoms with Crippen LogP contribution in [0.2, 0.25) is 0 Å². The predicted molar refractivity (Wildman–Crippen MR) is 110 cm³/mol. The summed E-state index contributed by atoms with van der Waals surface area (Å²) < 4.78 is 10.9. The molecule has 0 unspecified atom stereocenters. The zero-order valence-corrected chi connectivity index (χ0v) is 17.0. The van der Waals surface area contributed by atoms with Gasteiger partial charge in [0, 0.05) is 11.6 Å². The van der Waals surface area contributed by atoms with E-state index in [1.54, 1.807) is 19.2 Å². The number of carbonyl (C=O) groups excluding carboxylic acids is 1. The van der Waals surface area contributed by atoms with Crippen LogP contribution in [0.4, 0.5) is 5.69 Å². The van der Waals surface area contributed by atoms with Crippen molar-refractivity contribution in [3.8, 4) is 11.5 Å². The molecule has 1 atom stereocenters. The minimum absolute atomic E-state index is 0.0437. The highest BCUT2D eigenvalue weighted by molar-refractivity contribution is 5.96. The van der Waals surface area contributed by atoms with E-state index < -0.39 is 6.10 Å². The maximum Gasteiger partial charge on any atom is 0.262 e. The molecule has 0 radical (unpaired) electrons. The van der Waals surface area contributed by atoms with Crippen LogP contribution < -0.4 is 14.8 Å². The van der Waals surface area contributed by atoms with Crippen LogP contribution in [0.15, 0.2) is 36.4 Å². The number of hydrogen-bond donors (Lipinski definition) is 2. The number of carbonyl (C=O) groups is 1. The lowest BCUT2D eigenvalue weighted by molar-refractivity contribution is -0.118. The van der Waals surface area contributed by atoms with Gasteiger partial charge in [-0.1, -0.05) is 43.7 Å². The summed E-state index contributed by atoms with van der Waals surface area (Å²) in [5, 5.41) is 13.7. The Kier molecular flexibility index (Phi) is 5.94. The van der Waals surface area contributed by atoms with Crippen LogP contribution in [0, 0.1) is 12.3 Å². The number of anilines is 1. The van der Waals surface area contributed by atoms with Gasteiger partial charge < -0.3 is 19.9 Å². The van der Waals surface area contributed by atoms with E-state index in [-0.39, 0.29) is 17.9 Å². The number of amides is 1. The maximum absolute atomic E-state index is 11.6. The summed E-state index contributed by atoms with van der Waals surface area (Å²) in [6, 6.07) is 12.1. The number of fused-ring (bicyclic) bond motifs is 1. The van der Waals surface area contributed by atoms with Crippen LogP contribution in [0.25, 0.3) is 0 Å². The fourth-order valence-corrected chi connectivity index (χ4v) is 3.60. The second-order valence-electron chi connectivity index (χ2n) is 8.31. The topological polar surface area (TPSA) is 67.8 Å². The molecule has 150 valence electrons. The number of ether oxygens (including phenoxy) is 2. The van der Waals surface area contributed by atoms with Gasteiger partial charge in [0.2, 0.25) is 0 Å². The van der Waals surface area contributed by atoms with E-state index in [9.17, 15) is 9.90 Å².